The third-order valence-corrected chi connectivity index (χ3v) is 13.5. The van der Waals surface area contributed by atoms with E-state index in [4.69, 9.17) is 0 Å². The molecule has 0 nitrogen and oxygen atoms in total. The van der Waals surface area contributed by atoms with Crippen LogP contribution in [0.2, 0.25) is 13.1 Å². The molecule has 2 rings (SSSR count). The Morgan fingerprint density at radius 1 is 1.17 bits per heavy atom. The first-order valence-corrected chi connectivity index (χ1v) is 12.4. The molecule has 0 spiro atoms. The maximum Gasteiger partial charge on any atom is -1.00 e. The molecule has 0 saturated heterocycles. The van der Waals surface area contributed by atoms with Gasteiger partial charge in [0.2, 0.25) is 0 Å². The molecule has 23 heavy (non-hydrogen) atoms. The topological polar surface area (TPSA) is 0 Å². The summed E-state index contributed by atoms with van der Waals surface area (Å²) in [5, 5.41) is 1.68. The first-order chi connectivity index (χ1) is 9.60. The van der Waals surface area contributed by atoms with Crippen LogP contribution in [0.15, 0.2) is 45.0 Å². The second-order valence-corrected chi connectivity index (χ2v) is 15.7. The van der Waals surface area contributed by atoms with Gasteiger partial charge in [0.1, 0.15) is 0 Å². The molecule has 0 saturated carbocycles. The van der Waals surface area contributed by atoms with Crippen LogP contribution in [0, 0.1) is 0 Å². The van der Waals surface area contributed by atoms with Crippen LogP contribution in [0.4, 0.5) is 0 Å². The van der Waals surface area contributed by atoms with E-state index < -0.39 is 8.07 Å². The second kappa shape index (κ2) is 8.47. The molecule has 0 fully saturated rings. The van der Waals surface area contributed by atoms with Gasteiger partial charge in [-0.05, 0) is 0 Å². The Morgan fingerprint density at radius 3 is 2.22 bits per heavy atom. The van der Waals surface area contributed by atoms with E-state index in [0.717, 1.165) is 6.42 Å². The van der Waals surface area contributed by atoms with Crippen LogP contribution in [0.1, 0.15) is 40.5 Å². The quantitative estimate of drug-likeness (QED) is 0.564. The third-order valence-electron chi connectivity index (χ3n) is 4.62. The molecule has 0 radical (unpaired) electrons. The van der Waals surface area contributed by atoms with Gasteiger partial charge in [0.25, 0.3) is 0 Å². The van der Waals surface area contributed by atoms with E-state index >= 15 is 0 Å². The molecule has 0 heterocycles. The smallest absolute Gasteiger partial charge is 1.00 e. The minimum atomic E-state index is -1.62. The van der Waals surface area contributed by atoms with Gasteiger partial charge >= 0.3 is 148 Å². The molecule has 2 aliphatic rings. The average molecular weight is 422 g/mol. The summed E-state index contributed by atoms with van der Waals surface area (Å²) < 4.78 is 2.16. The summed E-state index contributed by atoms with van der Waals surface area (Å²) in [6.45, 7) is 14.6. The van der Waals surface area contributed by atoms with E-state index in [-0.39, 0.29) is 33.9 Å². The number of hydrogen-bond acceptors (Lipinski definition) is 1. The predicted molar refractivity (Wildman–Crippen MR) is 95.9 cm³/mol. The molecule has 2 aliphatic carbocycles. The van der Waals surface area contributed by atoms with Crippen molar-refractivity contribution in [3.8, 4) is 0 Å². The molecule has 127 valence electrons. The van der Waals surface area contributed by atoms with Crippen molar-refractivity contribution in [2.45, 2.75) is 62.7 Å². The number of rotatable bonds is 3. The maximum absolute atomic E-state index is 2.58. The summed E-state index contributed by atoms with van der Waals surface area (Å²) >= 11 is 4.53. The average Bonchev–Trinajstić information content (AvgIpc) is 2.77. The van der Waals surface area contributed by atoms with Crippen molar-refractivity contribution in [2.24, 2.45) is 0 Å². The van der Waals surface area contributed by atoms with Crippen LogP contribution in [0.25, 0.3) is 0 Å². The van der Waals surface area contributed by atoms with Gasteiger partial charge in [-0.3, -0.25) is 0 Å². The molecule has 1 atom stereocenters. The van der Waals surface area contributed by atoms with E-state index in [1.807, 2.05) is 0 Å². The molecular weight excluding hydrogens is 395 g/mol. The van der Waals surface area contributed by atoms with E-state index in [2.05, 4.69) is 103 Å². The third kappa shape index (κ3) is 4.71. The molecule has 0 aromatic heterocycles. The zero-order valence-corrected chi connectivity index (χ0v) is 19.9. The largest absolute Gasteiger partial charge is 1.00 e. The van der Waals surface area contributed by atoms with Crippen LogP contribution >= 0.6 is 11.8 Å². The van der Waals surface area contributed by atoms with Gasteiger partial charge in [0, 0.05) is 0 Å². The Morgan fingerprint density at radius 2 is 1.78 bits per heavy atom. The van der Waals surface area contributed by atoms with Gasteiger partial charge in [-0.25, -0.2) is 0 Å². The molecule has 0 aromatic rings. The second-order valence-electron chi connectivity index (χ2n) is 7.65. The Kier molecular flexibility index (Phi) is 8.77. The minimum Gasteiger partial charge on any atom is -1.00 e. The fourth-order valence-electron chi connectivity index (χ4n) is 3.57. The maximum atomic E-state index is 2.58. The van der Waals surface area contributed by atoms with Crippen molar-refractivity contribution >= 4 is 19.8 Å². The minimum absolute atomic E-state index is 0. The monoisotopic (exact) mass is 421 g/mol. The molecule has 0 amide bonds. The molecule has 0 N–H and O–H groups in total. The van der Waals surface area contributed by atoms with E-state index in [9.17, 15) is 0 Å². The first kappa shape index (κ1) is 23.8. The van der Waals surface area contributed by atoms with Crippen molar-refractivity contribution in [1.82, 2.24) is 0 Å². The van der Waals surface area contributed by atoms with Crippen LogP contribution < -0.4 is 24.8 Å². The molecule has 0 bridgehead atoms. The Bertz CT molecular complexity index is 556. The van der Waals surface area contributed by atoms with Gasteiger partial charge in [0.05, 0.1) is 0 Å². The van der Waals surface area contributed by atoms with Crippen LogP contribution in [-0.2, 0) is 20.4 Å². The van der Waals surface area contributed by atoms with Crippen LogP contribution in [-0.4, -0.2) is 17.2 Å². The van der Waals surface area contributed by atoms with E-state index in [0.29, 0.717) is 0 Å². The SMILES string of the molecule is CC1=CC=CCC1(SC(C)(C)C)[Si](C)(C)C1=[C]([Ti+2])CC=C1.[Cl-].[Cl-]. The summed E-state index contributed by atoms with van der Waals surface area (Å²) in [4.78, 5) is 0. The standard InChI is InChI=1S/C18H27SSi.2ClH.Ti/c1-15-11-9-10-14-18(15,19-17(2,3)4)20(5,6)16-12-7-8-13-16;;;/h7,9-12H,8,14H2,1-6H3;2*1H;/q;;;+2/p-2. The molecule has 1 unspecified atom stereocenters. The summed E-state index contributed by atoms with van der Waals surface area (Å²) in [7, 11) is -1.62. The molecule has 0 aliphatic heterocycles. The summed E-state index contributed by atoms with van der Waals surface area (Å²) in [6.07, 6.45) is 14.1. The van der Waals surface area contributed by atoms with Crippen molar-refractivity contribution in [3.63, 3.8) is 0 Å². The first-order valence-electron chi connectivity index (χ1n) is 7.76. The van der Waals surface area contributed by atoms with E-state index in [1.54, 1.807) is 14.6 Å². The van der Waals surface area contributed by atoms with Crippen LogP contribution in [0.3, 0.4) is 0 Å². The zero-order chi connectivity index (χ0) is 15.9. The summed E-state index contributed by atoms with van der Waals surface area (Å²) in [5.74, 6) is 0. The molecular formula is C18H27Cl2SSiTi. The number of thioether (sulfide) groups is 1. The molecule has 5 heteroatoms. The summed E-state index contributed by atoms with van der Waals surface area (Å²) in [5.41, 5.74) is 1.57. The number of halogens is 2. The number of allylic oxidation sites excluding steroid dienone is 7. The normalized spacial score (nSPS) is 24.3. The fraction of sp³-hybridized carbons (Fsp3) is 0.556. The number of hydrogen-bond donors (Lipinski definition) is 0. The Hall–Kier alpha value is 0.821. The van der Waals surface area contributed by atoms with Gasteiger partial charge in [-0.1, -0.05) is 0 Å². The zero-order valence-electron chi connectivity index (χ0n) is 15.0. The van der Waals surface area contributed by atoms with Gasteiger partial charge in [-0.15, -0.1) is 0 Å². The van der Waals surface area contributed by atoms with Crippen molar-refractivity contribution in [3.05, 3.63) is 45.0 Å². The fourth-order valence-corrected chi connectivity index (χ4v) is 12.6. The van der Waals surface area contributed by atoms with Crippen LogP contribution in [0.5, 0.6) is 0 Å². The molecule has 0 aromatic carbocycles. The van der Waals surface area contributed by atoms with Gasteiger partial charge in [-0.2, -0.15) is 0 Å². The Balaban J connectivity index is 0.00000242. The predicted octanol–water partition coefficient (Wildman–Crippen LogP) is -0.281. The van der Waals surface area contributed by atoms with Crippen molar-refractivity contribution in [2.75, 3.05) is 0 Å². The van der Waals surface area contributed by atoms with Crippen molar-refractivity contribution in [1.29, 1.82) is 0 Å². The van der Waals surface area contributed by atoms with Gasteiger partial charge < -0.3 is 24.8 Å². The van der Waals surface area contributed by atoms with E-state index in [1.165, 1.54) is 6.42 Å². The van der Waals surface area contributed by atoms with Crippen molar-refractivity contribution < 1.29 is 45.2 Å². The Labute approximate surface area is 172 Å². The summed E-state index contributed by atoms with van der Waals surface area (Å²) in [6, 6.07) is 0. The van der Waals surface area contributed by atoms with Gasteiger partial charge in [0.15, 0.2) is 0 Å².